The summed E-state index contributed by atoms with van der Waals surface area (Å²) in [6.07, 6.45) is 3.48. The number of thiophene rings is 1. The molecule has 0 aromatic carbocycles. The maximum absolute atomic E-state index is 4.53. The van der Waals surface area contributed by atoms with E-state index in [-0.39, 0.29) is 0 Å². The second-order valence-electron chi connectivity index (χ2n) is 3.84. The minimum absolute atomic E-state index is 0.619. The van der Waals surface area contributed by atoms with Crippen molar-refractivity contribution in [3.05, 3.63) is 39.9 Å². The summed E-state index contributed by atoms with van der Waals surface area (Å²) in [5.41, 5.74) is 0.883. The second kappa shape index (κ2) is 5.41. The van der Waals surface area contributed by atoms with E-state index in [1.807, 2.05) is 24.4 Å². The van der Waals surface area contributed by atoms with Crippen LogP contribution < -0.4 is 5.32 Å². The molecule has 0 unspecified atom stereocenters. The van der Waals surface area contributed by atoms with E-state index in [2.05, 4.69) is 25.5 Å². The highest BCUT2D eigenvalue weighted by Crippen LogP contribution is 2.22. The van der Waals surface area contributed by atoms with Crippen molar-refractivity contribution in [3.63, 3.8) is 0 Å². The quantitative estimate of drug-likeness (QED) is 0.800. The lowest BCUT2D eigenvalue weighted by atomic mass is 10.3. The maximum Gasteiger partial charge on any atom is 0.145 e. The zero-order valence-corrected chi connectivity index (χ0v) is 11.8. The molecule has 0 aliphatic rings. The molecular weight excluding hydrogens is 278 g/mol. The molecule has 19 heavy (non-hydrogen) atoms. The normalized spacial score (nSPS) is 10.6. The van der Waals surface area contributed by atoms with Crippen LogP contribution >= 0.6 is 22.7 Å². The smallest absolute Gasteiger partial charge is 0.145 e. The van der Waals surface area contributed by atoms with Gasteiger partial charge in [-0.2, -0.15) is 0 Å². The average molecular weight is 289 g/mol. The number of nitrogens with one attached hydrogen (secondary N) is 1. The molecule has 1 N–H and O–H groups in total. The number of aromatic nitrogens is 4. The van der Waals surface area contributed by atoms with E-state index >= 15 is 0 Å². The molecule has 0 amide bonds. The number of rotatable bonds is 4. The molecule has 0 spiro atoms. The number of hydrogen-bond donors (Lipinski definition) is 1. The van der Waals surface area contributed by atoms with Gasteiger partial charge in [-0.15, -0.1) is 21.5 Å². The standard InChI is InChI=1S/C12H11N5S2/c1-8-16-17-12(19-8)7-14-11-6-13-5-9(15-11)10-3-2-4-18-10/h2-6H,7H2,1H3,(H,14,15). The molecule has 3 aromatic heterocycles. The minimum Gasteiger partial charge on any atom is -0.362 e. The Hall–Kier alpha value is -1.86. The molecule has 0 aliphatic heterocycles. The van der Waals surface area contributed by atoms with E-state index < -0.39 is 0 Å². The molecular formula is C12H11N5S2. The Kier molecular flexibility index (Phi) is 3.47. The van der Waals surface area contributed by atoms with Crippen LogP contribution in [0.15, 0.2) is 29.9 Å². The number of aryl methyl sites for hydroxylation is 1. The Bertz CT molecular complexity index is 662. The minimum atomic E-state index is 0.619. The second-order valence-corrected chi connectivity index (χ2v) is 6.05. The predicted octanol–water partition coefficient (Wildman–Crippen LogP) is 2.98. The van der Waals surface area contributed by atoms with Crippen molar-refractivity contribution >= 4 is 28.5 Å². The molecule has 3 aromatic rings. The van der Waals surface area contributed by atoms with Crippen molar-refractivity contribution in [2.75, 3.05) is 5.32 Å². The first-order valence-corrected chi connectivity index (χ1v) is 7.39. The van der Waals surface area contributed by atoms with E-state index in [0.29, 0.717) is 6.54 Å². The van der Waals surface area contributed by atoms with Crippen LogP contribution in [0.5, 0.6) is 0 Å². The van der Waals surface area contributed by atoms with Gasteiger partial charge in [0, 0.05) is 0 Å². The zero-order valence-electron chi connectivity index (χ0n) is 10.2. The van der Waals surface area contributed by atoms with E-state index in [9.17, 15) is 0 Å². The number of nitrogens with zero attached hydrogens (tertiary/aromatic N) is 4. The highest BCUT2D eigenvalue weighted by molar-refractivity contribution is 7.13. The third-order valence-electron chi connectivity index (χ3n) is 2.40. The van der Waals surface area contributed by atoms with E-state index in [0.717, 1.165) is 26.4 Å². The number of anilines is 1. The first kappa shape index (κ1) is 12.2. The lowest BCUT2D eigenvalue weighted by molar-refractivity contribution is 0.964. The van der Waals surface area contributed by atoms with Gasteiger partial charge in [0.1, 0.15) is 21.5 Å². The number of hydrogen-bond acceptors (Lipinski definition) is 7. The first-order chi connectivity index (χ1) is 9.31. The fourth-order valence-electron chi connectivity index (χ4n) is 1.57. The van der Waals surface area contributed by atoms with Gasteiger partial charge < -0.3 is 5.32 Å². The van der Waals surface area contributed by atoms with Crippen molar-refractivity contribution in [2.24, 2.45) is 0 Å². The Labute approximate surface area is 118 Å². The monoisotopic (exact) mass is 289 g/mol. The summed E-state index contributed by atoms with van der Waals surface area (Å²) in [6, 6.07) is 4.04. The molecule has 0 fully saturated rings. The SMILES string of the molecule is Cc1nnc(CNc2cncc(-c3cccs3)n2)s1. The summed E-state index contributed by atoms with van der Waals surface area (Å²) in [6.45, 7) is 2.56. The Balaban J connectivity index is 1.73. The molecule has 0 saturated heterocycles. The van der Waals surface area contributed by atoms with Crippen molar-refractivity contribution < 1.29 is 0 Å². The molecule has 0 bridgehead atoms. The fraction of sp³-hybridized carbons (Fsp3) is 0.167. The molecule has 7 heteroatoms. The van der Waals surface area contributed by atoms with Crippen LogP contribution in [0.3, 0.4) is 0 Å². The fourth-order valence-corrected chi connectivity index (χ4v) is 2.90. The third kappa shape index (κ3) is 2.94. The van der Waals surface area contributed by atoms with Gasteiger partial charge in [-0.25, -0.2) is 4.98 Å². The molecule has 0 atom stereocenters. The molecule has 3 heterocycles. The van der Waals surface area contributed by atoms with Crippen molar-refractivity contribution in [1.29, 1.82) is 0 Å². The van der Waals surface area contributed by atoms with Gasteiger partial charge in [0.15, 0.2) is 0 Å². The Morgan fingerprint density at radius 1 is 1.26 bits per heavy atom. The lowest BCUT2D eigenvalue weighted by Gasteiger charge is -2.03. The molecule has 3 rings (SSSR count). The van der Waals surface area contributed by atoms with Gasteiger partial charge >= 0.3 is 0 Å². The highest BCUT2D eigenvalue weighted by atomic mass is 32.1. The van der Waals surface area contributed by atoms with Crippen LogP contribution in [-0.4, -0.2) is 20.2 Å². The van der Waals surface area contributed by atoms with E-state index in [4.69, 9.17) is 0 Å². The largest absolute Gasteiger partial charge is 0.362 e. The summed E-state index contributed by atoms with van der Waals surface area (Å²) in [7, 11) is 0. The van der Waals surface area contributed by atoms with Crippen LogP contribution in [0.2, 0.25) is 0 Å². The van der Waals surface area contributed by atoms with Gasteiger partial charge in [0.2, 0.25) is 0 Å². The van der Waals surface area contributed by atoms with Crippen LogP contribution in [0.25, 0.3) is 10.6 Å². The summed E-state index contributed by atoms with van der Waals surface area (Å²) in [4.78, 5) is 9.85. The summed E-state index contributed by atoms with van der Waals surface area (Å²) in [5, 5.41) is 15.2. The highest BCUT2D eigenvalue weighted by Gasteiger charge is 2.04. The van der Waals surface area contributed by atoms with Crippen LogP contribution in [-0.2, 0) is 6.54 Å². The average Bonchev–Trinajstić information content (AvgIpc) is 3.08. The molecule has 5 nitrogen and oxygen atoms in total. The van der Waals surface area contributed by atoms with Gasteiger partial charge in [0.05, 0.1) is 23.8 Å². The van der Waals surface area contributed by atoms with Gasteiger partial charge in [0.25, 0.3) is 0 Å². The van der Waals surface area contributed by atoms with Gasteiger partial charge in [-0.05, 0) is 18.4 Å². The Morgan fingerprint density at radius 2 is 2.21 bits per heavy atom. The van der Waals surface area contributed by atoms with Crippen LogP contribution in [0.1, 0.15) is 10.0 Å². The molecule has 96 valence electrons. The summed E-state index contributed by atoms with van der Waals surface area (Å²) in [5.74, 6) is 0.749. The van der Waals surface area contributed by atoms with Crippen molar-refractivity contribution in [2.45, 2.75) is 13.5 Å². The predicted molar refractivity (Wildman–Crippen MR) is 77.3 cm³/mol. The topological polar surface area (TPSA) is 63.6 Å². The summed E-state index contributed by atoms with van der Waals surface area (Å²) >= 11 is 3.23. The zero-order chi connectivity index (χ0) is 13.1. The summed E-state index contributed by atoms with van der Waals surface area (Å²) < 4.78 is 0. The Morgan fingerprint density at radius 3 is 2.95 bits per heavy atom. The first-order valence-electron chi connectivity index (χ1n) is 5.70. The van der Waals surface area contributed by atoms with Crippen molar-refractivity contribution in [1.82, 2.24) is 20.2 Å². The van der Waals surface area contributed by atoms with Gasteiger partial charge in [-0.1, -0.05) is 17.4 Å². The van der Waals surface area contributed by atoms with Gasteiger partial charge in [-0.3, -0.25) is 4.98 Å². The third-order valence-corrected chi connectivity index (χ3v) is 4.13. The molecule has 0 radical (unpaired) electrons. The van der Waals surface area contributed by atoms with Crippen molar-refractivity contribution in [3.8, 4) is 10.6 Å². The van der Waals surface area contributed by atoms with E-state index in [1.165, 1.54) is 0 Å². The maximum atomic E-state index is 4.53. The van der Waals surface area contributed by atoms with Crippen LogP contribution in [0, 0.1) is 6.92 Å². The molecule has 0 saturated carbocycles. The van der Waals surface area contributed by atoms with E-state index in [1.54, 1.807) is 35.1 Å². The van der Waals surface area contributed by atoms with Crippen LogP contribution in [0.4, 0.5) is 5.82 Å². The molecule has 0 aliphatic carbocycles. The lowest BCUT2D eigenvalue weighted by Crippen LogP contribution is -2.02.